The number of rotatable bonds is 10. The second kappa shape index (κ2) is 13.4. The Morgan fingerprint density at radius 1 is 0.943 bits per heavy atom. The Balaban J connectivity index is 1.75. The molecule has 0 aliphatic heterocycles. The van der Waals surface area contributed by atoms with Crippen LogP contribution in [0.4, 0.5) is 16.2 Å². The van der Waals surface area contributed by atoms with Gasteiger partial charge in [0.2, 0.25) is 0 Å². The van der Waals surface area contributed by atoms with Crippen LogP contribution in [-0.2, 0) is 4.79 Å². The van der Waals surface area contributed by atoms with E-state index in [4.69, 9.17) is 27.9 Å². The number of amides is 2. The lowest BCUT2D eigenvalue weighted by Crippen LogP contribution is -2.35. The predicted molar refractivity (Wildman–Crippen MR) is 145 cm³/mol. The maximum Gasteiger partial charge on any atom is 0.326 e. The average molecular weight is 532 g/mol. The lowest BCUT2D eigenvalue weighted by atomic mass is 10.2. The molecule has 8 heteroatoms. The summed E-state index contributed by atoms with van der Waals surface area (Å²) >= 11 is 13.9. The first kappa shape index (κ1) is 26.9. The minimum absolute atomic E-state index is 0.231. The first-order chi connectivity index (χ1) is 16.9. The molecule has 184 valence electrons. The van der Waals surface area contributed by atoms with Gasteiger partial charge in [-0.3, -0.25) is 9.69 Å². The molecule has 1 N–H and O–H groups in total. The van der Waals surface area contributed by atoms with Crippen molar-refractivity contribution in [3.8, 4) is 5.75 Å². The van der Waals surface area contributed by atoms with Gasteiger partial charge in [0.25, 0.3) is 0 Å². The van der Waals surface area contributed by atoms with E-state index in [1.807, 2.05) is 43.3 Å². The SMILES string of the molecule is CCCCN(C(=O)Nc1cccc(Cl)c1Cl)c1cccc(Sc2ccc(OC(=O)CCC)cc2)c1. The highest BCUT2D eigenvalue weighted by molar-refractivity contribution is 7.99. The van der Waals surface area contributed by atoms with Crippen LogP contribution in [0.5, 0.6) is 5.75 Å². The molecule has 0 spiro atoms. The summed E-state index contributed by atoms with van der Waals surface area (Å²) in [4.78, 5) is 28.6. The van der Waals surface area contributed by atoms with Gasteiger partial charge in [-0.2, -0.15) is 0 Å². The normalized spacial score (nSPS) is 10.6. The fraction of sp³-hybridized carbons (Fsp3) is 0.259. The third-order valence-electron chi connectivity index (χ3n) is 5.05. The number of carbonyl (C=O) groups excluding carboxylic acids is 2. The molecule has 2 amide bonds. The fourth-order valence-corrected chi connectivity index (χ4v) is 4.48. The van der Waals surface area contributed by atoms with Crippen molar-refractivity contribution in [1.82, 2.24) is 0 Å². The Hall–Kier alpha value is -2.67. The molecule has 0 atom stereocenters. The topological polar surface area (TPSA) is 58.6 Å². The van der Waals surface area contributed by atoms with E-state index in [0.29, 0.717) is 34.4 Å². The van der Waals surface area contributed by atoms with Crippen LogP contribution in [0.1, 0.15) is 39.5 Å². The number of benzene rings is 3. The quantitative estimate of drug-likeness (QED) is 0.210. The Morgan fingerprint density at radius 2 is 1.69 bits per heavy atom. The summed E-state index contributed by atoms with van der Waals surface area (Å²) in [5.41, 5.74) is 1.25. The number of anilines is 2. The number of nitrogens with one attached hydrogen (secondary N) is 1. The minimum Gasteiger partial charge on any atom is -0.427 e. The van der Waals surface area contributed by atoms with Gasteiger partial charge in [0.1, 0.15) is 5.75 Å². The number of carbonyl (C=O) groups is 2. The summed E-state index contributed by atoms with van der Waals surface area (Å²) < 4.78 is 5.32. The Kier molecular flexibility index (Phi) is 10.3. The fourth-order valence-electron chi connectivity index (χ4n) is 3.26. The number of nitrogens with zero attached hydrogens (tertiary/aromatic N) is 1. The monoisotopic (exact) mass is 530 g/mol. The summed E-state index contributed by atoms with van der Waals surface area (Å²) in [6.07, 6.45) is 2.95. The maximum atomic E-state index is 13.2. The smallest absolute Gasteiger partial charge is 0.326 e. The molecule has 3 aromatic rings. The second-order valence-electron chi connectivity index (χ2n) is 7.83. The van der Waals surface area contributed by atoms with Crippen molar-refractivity contribution in [2.45, 2.75) is 49.3 Å². The standard InChI is InChI=1S/C27H28Cl2N2O3S/c1-3-5-17-31(27(33)30-24-12-7-11-23(28)26(24)29)19-9-6-10-22(18-19)35-21-15-13-20(14-16-21)34-25(32)8-4-2/h6-7,9-16,18H,3-5,8,17H2,1-2H3,(H,30,33). The number of halogens is 2. The molecule has 35 heavy (non-hydrogen) atoms. The number of hydrogen-bond donors (Lipinski definition) is 1. The van der Waals surface area contributed by atoms with Gasteiger partial charge in [-0.15, -0.1) is 0 Å². The predicted octanol–water partition coefficient (Wildman–Crippen LogP) is 8.69. The zero-order chi connectivity index (χ0) is 25.2. The molecule has 5 nitrogen and oxygen atoms in total. The zero-order valence-corrected chi connectivity index (χ0v) is 22.1. The summed E-state index contributed by atoms with van der Waals surface area (Å²) in [6, 6.07) is 20.1. The van der Waals surface area contributed by atoms with E-state index in [9.17, 15) is 9.59 Å². The van der Waals surface area contributed by atoms with Gasteiger partial charge in [0, 0.05) is 28.4 Å². The lowest BCUT2D eigenvalue weighted by Gasteiger charge is -2.24. The number of hydrogen-bond acceptors (Lipinski definition) is 4. The molecule has 0 saturated heterocycles. The molecule has 0 bridgehead atoms. The zero-order valence-electron chi connectivity index (χ0n) is 19.7. The van der Waals surface area contributed by atoms with Gasteiger partial charge in [-0.25, -0.2) is 4.79 Å². The van der Waals surface area contributed by atoms with Crippen molar-refractivity contribution >= 4 is 58.3 Å². The van der Waals surface area contributed by atoms with E-state index in [1.54, 1.807) is 47.0 Å². The number of esters is 1. The van der Waals surface area contributed by atoms with Gasteiger partial charge >= 0.3 is 12.0 Å². The van der Waals surface area contributed by atoms with E-state index in [2.05, 4.69) is 12.2 Å². The van der Waals surface area contributed by atoms with Gasteiger partial charge < -0.3 is 10.1 Å². The summed E-state index contributed by atoms with van der Waals surface area (Å²) in [5, 5.41) is 3.58. The van der Waals surface area contributed by atoms with E-state index in [1.165, 1.54) is 0 Å². The maximum absolute atomic E-state index is 13.2. The molecule has 0 aliphatic rings. The third kappa shape index (κ3) is 7.92. The van der Waals surface area contributed by atoms with E-state index >= 15 is 0 Å². The Labute approximate surface area is 220 Å². The molecular formula is C27H28Cl2N2O3S. The number of urea groups is 1. The average Bonchev–Trinajstić information content (AvgIpc) is 2.84. The van der Waals surface area contributed by atoms with Crippen LogP contribution in [0.25, 0.3) is 0 Å². The molecule has 0 heterocycles. The van der Waals surface area contributed by atoms with Crippen LogP contribution in [0.15, 0.2) is 76.5 Å². The van der Waals surface area contributed by atoms with E-state index in [0.717, 1.165) is 34.7 Å². The van der Waals surface area contributed by atoms with E-state index < -0.39 is 0 Å². The second-order valence-corrected chi connectivity index (χ2v) is 9.76. The highest BCUT2D eigenvalue weighted by Crippen LogP contribution is 2.33. The van der Waals surface area contributed by atoms with Crippen molar-refractivity contribution < 1.29 is 14.3 Å². The van der Waals surface area contributed by atoms with Gasteiger partial charge in [0.05, 0.1) is 15.7 Å². The van der Waals surface area contributed by atoms with Gasteiger partial charge in [-0.05, 0) is 67.4 Å². The van der Waals surface area contributed by atoms with Crippen molar-refractivity contribution in [2.75, 3.05) is 16.8 Å². The van der Waals surface area contributed by atoms with Crippen LogP contribution in [-0.4, -0.2) is 18.5 Å². The largest absolute Gasteiger partial charge is 0.427 e. The molecule has 0 unspecified atom stereocenters. The molecule has 0 saturated carbocycles. The van der Waals surface area contributed by atoms with Crippen LogP contribution >= 0.6 is 35.0 Å². The molecule has 0 radical (unpaired) electrons. The summed E-state index contributed by atoms with van der Waals surface area (Å²) in [6.45, 7) is 4.58. The number of unbranched alkanes of at least 4 members (excludes halogenated alkanes) is 1. The summed E-state index contributed by atoms with van der Waals surface area (Å²) in [7, 11) is 0. The van der Waals surface area contributed by atoms with Crippen LogP contribution in [0.2, 0.25) is 10.0 Å². The van der Waals surface area contributed by atoms with Crippen molar-refractivity contribution in [2.24, 2.45) is 0 Å². The Bertz CT molecular complexity index is 1160. The first-order valence-corrected chi connectivity index (χ1v) is 13.1. The third-order valence-corrected chi connectivity index (χ3v) is 6.86. The molecular weight excluding hydrogens is 503 g/mol. The highest BCUT2D eigenvalue weighted by Gasteiger charge is 2.18. The van der Waals surface area contributed by atoms with Crippen LogP contribution in [0.3, 0.4) is 0 Å². The molecule has 3 aromatic carbocycles. The van der Waals surface area contributed by atoms with Crippen LogP contribution in [0, 0.1) is 0 Å². The minimum atomic E-state index is -0.275. The van der Waals surface area contributed by atoms with Crippen molar-refractivity contribution in [1.29, 1.82) is 0 Å². The van der Waals surface area contributed by atoms with Crippen molar-refractivity contribution in [3.05, 3.63) is 76.8 Å². The summed E-state index contributed by atoms with van der Waals surface area (Å²) in [5.74, 6) is 0.300. The molecule has 0 aliphatic carbocycles. The molecule has 3 rings (SSSR count). The van der Waals surface area contributed by atoms with Crippen LogP contribution < -0.4 is 15.0 Å². The van der Waals surface area contributed by atoms with Gasteiger partial charge in [-0.1, -0.05) is 67.4 Å². The lowest BCUT2D eigenvalue weighted by molar-refractivity contribution is -0.134. The molecule has 0 fully saturated rings. The number of ether oxygens (including phenoxy) is 1. The highest BCUT2D eigenvalue weighted by atomic mass is 35.5. The van der Waals surface area contributed by atoms with Gasteiger partial charge in [0.15, 0.2) is 0 Å². The van der Waals surface area contributed by atoms with Crippen molar-refractivity contribution in [3.63, 3.8) is 0 Å². The molecule has 0 aromatic heterocycles. The van der Waals surface area contributed by atoms with E-state index in [-0.39, 0.29) is 12.0 Å². The first-order valence-electron chi connectivity index (χ1n) is 11.5. The Morgan fingerprint density at radius 3 is 2.40 bits per heavy atom.